The van der Waals surface area contributed by atoms with Crippen molar-refractivity contribution < 1.29 is 9.53 Å². The molecule has 0 aliphatic heterocycles. The molecule has 0 aromatic heterocycles. The SMILES string of the molecule is C=C1[C@H]2CC[C@@H](C2)[C@]1(C)CC/C=C(\C)COC(C)=O. The number of hydrogen-bond acceptors (Lipinski definition) is 2. The standard InChI is InChI=1S/C17H26O2/c1-12(11-19-14(3)18)6-5-9-17(4)13(2)15-7-8-16(17)10-15/h6,15-16H,2,5,7-11H2,1,3-4H3/b12-6+/t15-,16-,17+/m0/s1. The van der Waals surface area contributed by atoms with Crippen molar-refractivity contribution in [1.29, 1.82) is 0 Å². The molecule has 2 heteroatoms. The van der Waals surface area contributed by atoms with Gasteiger partial charge in [-0.05, 0) is 61.9 Å². The van der Waals surface area contributed by atoms with Crippen molar-refractivity contribution in [2.24, 2.45) is 17.3 Å². The van der Waals surface area contributed by atoms with Crippen LogP contribution in [0, 0.1) is 17.3 Å². The molecule has 2 bridgehead atoms. The predicted molar refractivity (Wildman–Crippen MR) is 77.7 cm³/mol. The fraction of sp³-hybridized carbons (Fsp3) is 0.706. The Balaban J connectivity index is 1.84. The number of fused-ring (bicyclic) bond motifs is 2. The molecule has 0 radical (unpaired) electrons. The van der Waals surface area contributed by atoms with E-state index >= 15 is 0 Å². The minimum absolute atomic E-state index is 0.207. The van der Waals surface area contributed by atoms with Crippen LogP contribution in [0.15, 0.2) is 23.8 Å². The maximum atomic E-state index is 10.8. The van der Waals surface area contributed by atoms with E-state index in [2.05, 4.69) is 19.6 Å². The first-order valence-corrected chi connectivity index (χ1v) is 7.41. The second-order valence-electron chi connectivity index (χ2n) is 6.52. The molecule has 106 valence electrons. The van der Waals surface area contributed by atoms with Crippen molar-refractivity contribution in [3.8, 4) is 0 Å². The number of carbonyl (C=O) groups excluding carboxylic acids is 1. The Morgan fingerprint density at radius 3 is 2.79 bits per heavy atom. The molecule has 0 saturated heterocycles. The zero-order valence-electron chi connectivity index (χ0n) is 12.5. The van der Waals surface area contributed by atoms with Crippen LogP contribution in [-0.4, -0.2) is 12.6 Å². The Labute approximate surface area is 116 Å². The van der Waals surface area contributed by atoms with Crippen molar-refractivity contribution in [2.45, 2.75) is 52.9 Å². The van der Waals surface area contributed by atoms with Gasteiger partial charge < -0.3 is 4.74 Å². The summed E-state index contributed by atoms with van der Waals surface area (Å²) >= 11 is 0. The molecule has 2 aliphatic carbocycles. The van der Waals surface area contributed by atoms with Gasteiger partial charge in [0, 0.05) is 6.92 Å². The van der Waals surface area contributed by atoms with Crippen molar-refractivity contribution in [2.75, 3.05) is 6.61 Å². The van der Waals surface area contributed by atoms with E-state index in [9.17, 15) is 4.79 Å². The maximum Gasteiger partial charge on any atom is 0.302 e. The lowest BCUT2D eigenvalue weighted by atomic mass is 9.69. The topological polar surface area (TPSA) is 26.3 Å². The molecule has 3 atom stereocenters. The van der Waals surface area contributed by atoms with E-state index in [1.807, 2.05) is 6.92 Å². The van der Waals surface area contributed by atoms with Crippen molar-refractivity contribution in [3.63, 3.8) is 0 Å². The second-order valence-corrected chi connectivity index (χ2v) is 6.52. The molecular formula is C17H26O2. The summed E-state index contributed by atoms with van der Waals surface area (Å²) < 4.78 is 5.00. The summed E-state index contributed by atoms with van der Waals surface area (Å²) in [6.07, 6.45) is 8.58. The van der Waals surface area contributed by atoms with Crippen LogP contribution >= 0.6 is 0 Å². The third-order valence-corrected chi connectivity index (χ3v) is 5.22. The zero-order valence-corrected chi connectivity index (χ0v) is 12.5. The Morgan fingerprint density at radius 1 is 1.47 bits per heavy atom. The summed E-state index contributed by atoms with van der Waals surface area (Å²) in [6.45, 7) is 10.7. The van der Waals surface area contributed by atoms with Gasteiger partial charge >= 0.3 is 5.97 Å². The van der Waals surface area contributed by atoms with Gasteiger partial charge in [-0.15, -0.1) is 0 Å². The Kier molecular flexibility index (Phi) is 4.17. The largest absolute Gasteiger partial charge is 0.461 e. The zero-order chi connectivity index (χ0) is 14.0. The van der Waals surface area contributed by atoms with Gasteiger partial charge in [0.05, 0.1) is 0 Å². The van der Waals surface area contributed by atoms with Crippen LogP contribution in [0.4, 0.5) is 0 Å². The molecule has 0 aromatic carbocycles. The smallest absolute Gasteiger partial charge is 0.302 e. The van der Waals surface area contributed by atoms with E-state index in [0.29, 0.717) is 12.0 Å². The Morgan fingerprint density at radius 2 is 2.21 bits per heavy atom. The van der Waals surface area contributed by atoms with Crippen LogP contribution in [0.5, 0.6) is 0 Å². The molecule has 19 heavy (non-hydrogen) atoms. The van der Waals surface area contributed by atoms with Crippen molar-refractivity contribution in [3.05, 3.63) is 23.8 Å². The number of ether oxygens (including phenoxy) is 1. The summed E-state index contributed by atoms with van der Waals surface area (Å²) in [5.41, 5.74) is 2.99. The number of esters is 1. The van der Waals surface area contributed by atoms with Crippen LogP contribution in [0.25, 0.3) is 0 Å². The highest BCUT2D eigenvalue weighted by Gasteiger charge is 2.49. The molecule has 0 spiro atoms. The average Bonchev–Trinajstić information content (AvgIpc) is 2.91. The first kappa shape index (κ1) is 14.4. The van der Waals surface area contributed by atoms with E-state index in [1.54, 1.807) is 0 Å². The highest BCUT2D eigenvalue weighted by atomic mass is 16.5. The summed E-state index contributed by atoms with van der Waals surface area (Å²) in [4.78, 5) is 10.8. The molecule has 2 fully saturated rings. The number of carbonyl (C=O) groups is 1. The number of allylic oxidation sites excluding steroid dienone is 2. The van der Waals surface area contributed by atoms with Gasteiger partial charge in [0.2, 0.25) is 0 Å². The van der Waals surface area contributed by atoms with Gasteiger partial charge in [0.25, 0.3) is 0 Å². The molecular weight excluding hydrogens is 236 g/mol. The molecule has 0 aromatic rings. The average molecular weight is 262 g/mol. The van der Waals surface area contributed by atoms with Gasteiger partial charge in [0.1, 0.15) is 6.61 Å². The van der Waals surface area contributed by atoms with Crippen molar-refractivity contribution >= 4 is 5.97 Å². The molecule has 2 nitrogen and oxygen atoms in total. The molecule has 2 saturated carbocycles. The lowest BCUT2D eigenvalue weighted by Crippen LogP contribution is -2.26. The third-order valence-electron chi connectivity index (χ3n) is 5.22. The van der Waals surface area contributed by atoms with Gasteiger partial charge in [-0.3, -0.25) is 4.79 Å². The third kappa shape index (κ3) is 2.93. The second kappa shape index (κ2) is 5.52. The quantitative estimate of drug-likeness (QED) is 0.546. The molecule has 0 heterocycles. The number of hydrogen-bond donors (Lipinski definition) is 0. The highest BCUT2D eigenvalue weighted by molar-refractivity contribution is 5.66. The van der Waals surface area contributed by atoms with E-state index in [-0.39, 0.29) is 5.97 Å². The van der Waals surface area contributed by atoms with Crippen LogP contribution in [0.2, 0.25) is 0 Å². The highest BCUT2D eigenvalue weighted by Crippen LogP contribution is 2.60. The van der Waals surface area contributed by atoms with Crippen LogP contribution < -0.4 is 0 Å². The molecule has 0 amide bonds. The fourth-order valence-corrected chi connectivity index (χ4v) is 3.86. The van der Waals surface area contributed by atoms with Crippen molar-refractivity contribution in [1.82, 2.24) is 0 Å². The lowest BCUT2D eigenvalue weighted by molar-refractivity contribution is -0.139. The molecule has 0 N–H and O–H groups in total. The van der Waals surface area contributed by atoms with Gasteiger partial charge in [0.15, 0.2) is 0 Å². The minimum Gasteiger partial charge on any atom is -0.461 e. The first-order valence-electron chi connectivity index (χ1n) is 7.41. The summed E-state index contributed by atoms with van der Waals surface area (Å²) in [6, 6.07) is 0. The molecule has 2 aliphatic rings. The maximum absolute atomic E-state index is 10.8. The van der Waals surface area contributed by atoms with Gasteiger partial charge in [-0.25, -0.2) is 0 Å². The van der Waals surface area contributed by atoms with E-state index in [1.165, 1.54) is 38.2 Å². The van der Waals surface area contributed by atoms with Crippen LogP contribution in [-0.2, 0) is 9.53 Å². The van der Waals surface area contributed by atoms with E-state index in [0.717, 1.165) is 23.8 Å². The summed E-state index contributed by atoms with van der Waals surface area (Å²) in [5, 5.41) is 0. The molecule has 0 unspecified atom stereocenters. The van der Waals surface area contributed by atoms with E-state index in [4.69, 9.17) is 4.74 Å². The normalized spacial score (nSPS) is 33.8. The monoisotopic (exact) mass is 262 g/mol. The molecule has 2 rings (SSSR count). The van der Waals surface area contributed by atoms with Crippen LogP contribution in [0.1, 0.15) is 52.9 Å². The van der Waals surface area contributed by atoms with E-state index < -0.39 is 0 Å². The minimum atomic E-state index is -0.207. The number of rotatable bonds is 5. The predicted octanol–water partition coefficient (Wildman–Crippen LogP) is 4.27. The Hall–Kier alpha value is -1.05. The summed E-state index contributed by atoms with van der Waals surface area (Å²) in [5.74, 6) is 1.44. The first-order chi connectivity index (χ1) is 8.93. The van der Waals surface area contributed by atoms with Gasteiger partial charge in [-0.1, -0.05) is 25.2 Å². The fourth-order valence-electron chi connectivity index (χ4n) is 3.86. The van der Waals surface area contributed by atoms with Gasteiger partial charge in [-0.2, -0.15) is 0 Å². The summed E-state index contributed by atoms with van der Waals surface area (Å²) in [7, 11) is 0. The lowest BCUT2D eigenvalue weighted by Gasteiger charge is -2.36. The Bertz CT molecular complexity index is 407. The van der Waals surface area contributed by atoms with Crippen LogP contribution in [0.3, 0.4) is 0 Å².